The van der Waals surface area contributed by atoms with Crippen LogP contribution in [0.3, 0.4) is 0 Å². The molecule has 0 amide bonds. The van der Waals surface area contributed by atoms with Gasteiger partial charge in [0.2, 0.25) is 0 Å². The molecule has 1 aliphatic carbocycles. The van der Waals surface area contributed by atoms with Crippen LogP contribution in [0.25, 0.3) is 10.2 Å². The molecule has 0 aliphatic heterocycles. The van der Waals surface area contributed by atoms with Crippen molar-refractivity contribution in [2.75, 3.05) is 6.61 Å². The van der Waals surface area contributed by atoms with Crippen molar-refractivity contribution in [3.8, 4) is 5.75 Å². The van der Waals surface area contributed by atoms with Crippen LogP contribution in [0.2, 0.25) is 0 Å². The van der Waals surface area contributed by atoms with Crippen molar-refractivity contribution in [1.29, 1.82) is 0 Å². The zero-order valence-electron chi connectivity index (χ0n) is 17.1. The summed E-state index contributed by atoms with van der Waals surface area (Å²) in [5.74, 6) is 1.50. The third-order valence-electron chi connectivity index (χ3n) is 5.85. The van der Waals surface area contributed by atoms with Crippen LogP contribution in [0, 0.1) is 18.3 Å². The summed E-state index contributed by atoms with van der Waals surface area (Å²) in [6, 6.07) is 7.97. The van der Waals surface area contributed by atoms with Crippen molar-refractivity contribution in [1.82, 2.24) is 9.55 Å². The van der Waals surface area contributed by atoms with E-state index in [-0.39, 0.29) is 5.56 Å². The van der Waals surface area contributed by atoms with Gasteiger partial charge in [0.05, 0.1) is 18.3 Å². The highest BCUT2D eigenvalue weighted by Gasteiger charge is 2.31. The van der Waals surface area contributed by atoms with Crippen LogP contribution in [-0.4, -0.2) is 16.2 Å². The minimum Gasteiger partial charge on any atom is -0.492 e. The van der Waals surface area contributed by atoms with Gasteiger partial charge in [-0.05, 0) is 60.8 Å². The van der Waals surface area contributed by atoms with Crippen LogP contribution in [0.1, 0.15) is 43.2 Å². The number of fused-ring (bicyclic) bond motifs is 3. The molecule has 2 aromatic heterocycles. The lowest BCUT2D eigenvalue weighted by atomic mass is 9.72. The lowest BCUT2D eigenvalue weighted by Crippen LogP contribution is -2.27. The Bertz CT molecular complexity index is 1060. The highest BCUT2D eigenvalue weighted by atomic mass is 32.1. The normalized spacial score (nSPS) is 16.9. The number of aromatic nitrogens is 2. The summed E-state index contributed by atoms with van der Waals surface area (Å²) in [5, 5.41) is 0.838. The van der Waals surface area contributed by atoms with Gasteiger partial charge in [0, 0.05) is 4.88 Å². The molecule has 148 valence electrons. The second-order valence-electron chi connectivity index (χ2n) is 8.90. The molecule has 0 saturated carbocycles. The number of thiophene rings is 1. The minimum atomic E-state index is 0.0737. The second kappa shape index (κ2) is 7.36. The zero-order valence-corrected chi connectivity index (χ0v) is 17.9. The summed E-state index contributed by atoms with van der Waals surface area (Å²) in [5.41, 5.74) is 2.78. The van der Waals surface area contributed by atoms with E-state index in [9.17, 15) is 4.79 Å². The van der Waals surface area contributed by atoms with E-state index in [1.54, 1.807) is 22.2 Å². The summed E-state index contributed by atoms with van der Waals surface area (Å²) in [6.45, 7) is 9.94. The Morgan fingerprint density at radius 1 is 1.32 bits per heavy atom. The largest absolute Gasteiger partial charge is 0.492 e. The highest BCUT2D eigenvalue weighted by Crippen LogP contribution is 2.41. The molecule has 3 aromatic rings. The van der Waals surface area contributed by atoms with Gasteiger partial charge in [0.15, 0.2) is 0 Å². The molecule has 4 rings (SSSR count). The van der Waals surface area contributed by atoms with Crippen molar-refractivity contribution in [2.45, 2.75) is 53.5 Å². The molecule has 1 atom stereocenters. The third-order valence-corrected chi connectivity index (χ3v) is 7.01. The monoisotopic (exact) mass is 396 g/mol. The van der Waals surface area contributed by atoms with Gasteiger partial charge >= 0.3 is 0 Å². The third kappa shape index (κ3) is 3.72. The standard InChI is InChI=1S/C23H28N2O2S/c1-15-6-5-7-17(12-15)27-11-10-25-14-24-21-20(22(25)26)18-9-8-16(23(2,3)4)13-19(18)28-21/h5-7,12,14,16H,8-11,13H2,1-4H3/t16-/m0/s1. The smallest absolute Gasteiger partial charge is 0.262 e. The van der Waals surface area contributed by atoms with Crippen molar-refractivity contribution < 1.29 is 4.74 Å². The summed E-state index contributed by atoms with van der Waals surface area (Å²) in [4.78, 5) is 20.0. The van der Waals surface area contributed by atoms with Gasteiger partial charge in [-0.3, -0.25) is 9.36 Å². The Balaban J connectivity index is 1.55. The van der Waals surface area contributed by atoms with Gasteiger partial charge in [-0.15, -0.1) is 11.3 Å². The van der Waals surface area contributed by atoms with Crippen molar-refractivity contribution in [3.05, 3.63) is 57.0 Å². The van der Waals surface area contributed by atoms with Gasteiger partial charge in [0.1, 0.15) is 17.2 Å². The molecule has 1 aromatic carbocycles. The molecular weight excluding hydrogens is 368 g/mol. The van der Waals surface area contributed by atoms with Crippen LogP contribution in [0.4, 0.5) is 0 Å². The van der Waals surface area contributed by atoms with Gasteiger partial charge < -0.3 is 4.74 Å². The van der Waals surface area contributed by atoms with Crippen LogP contribution in [0.5, 0.6) is 5.75 Å². The Morgan fingerprint density at radius 2 is 2.14 bits per heavy atom. The molecule has 0 N–H and O–H groups in total. The lowest BCUT2D eigenvalue weighted by molar-refractivity contribution is 0.218. The molecule has 0 unspecified atom stereocenters. The molecule has 0 fully saturated rings. The molecule has 4 nitrogen and oxygen atoms in total. The number of hydrogen-bond acceptors (Lipinski definition) is 4. The number of nitrogens with zero attached hydrogens (tertiary/aromatic N) is 2. The van der Waals surface area contributed by atoms with E-state index in [2.05, 4.69) is 25.8 Å². The quantitative estimate of drug-likeness (QED) is 0.624. The number of rotatable bonds is 4. The van der Waals surface area contributed by atoms with E-state index in [1.807, 2.05) is 31.2 Å². The van der Waals surface area contributed by atoms with Crippen LogP contribution in [-0.2, 0) is 19.4 Å². The molecular formula is C23H28N2O2S. The number of ether oxygens (including phenoxy) is 1. The highest BCUT2D eigenvalue weighted by molar-refractivity contribution is 7.18. The number of aryl methyl sites for hydroxylation is 2. The van der Waals surface area contributed by atoms with Gasteiger partial charge in [0.25, 0.3) is 5.56 Å². The molecule has 5 heteroatoms. The molecule has 1 aliphatic rings. The summed E-state index contributed by atoms with van der Waals surface area (Å²) in [7, 11) is 0. The first-order valence-corrected chi connectivity index (χ1v) is 10.8. The minimum absolute atomic E-state index is 0.0737. The Hall–Kier alpha value is -2.14. The Kier molecular flexibility index (Phi) is 5.04. The van der Waals surface area contributed by atoms with E-state index < -0.39 is 0 Å². The fourth-order valence-corrected chi connectivity index (χ4v) is 5.32. The van der Waals surface area contributed by atoms with Crippen LogP contribution < -0.4 is 10.3 Å². The number of benzene rings is 1. The van der Waals surface area contributed by atoms with E-state index in [0.29, 0.717) is 24.5 Å². The van der Waals surface area contributed by atoms with Crippen molar-refractivity contribution >= 4 is 21.6 Å². The first-order valence-electron chi connectivity index (χ1n) is 10.0. The van der Waals surface area contributed by atoms with Crippen molar-refractivity contribution in [2.24, 2.45) is 11.3 Å². The van der Waals surface area contributed by atoms with E-state index in [0.717, 1.165) is 40.8 Å². The Morgan fingerprint density at radius 3 is 2.89 bits per heavy atom. The fourth-order valence-electron chi connectivity index (χ4n) is 4.07. The van der Waals surface area contributed by atoms with Gasteiger partial charge in [-0.25, -0.2) is 4.98 Å². The van der Waals surface area contributed by atoms with Gasteiger partial charge in [-0.1, -0.05) is 32.9 Å². The Labute approximate surface area is 170 Å². The predicted molar refractivity (Wildman–Crippen MR) is 116 cm³/mol. The average molecular weight is 397 g/mol. The van der Waals surface area contributed by atoms with E-state index in [4.69, 9.17) is 4.74 Å². The topological polar surface area (TPSA) is 44.1 Å². The van der Waals surface area contributed by atoms with Crippen LogP contribution in [0.15, 0.2) is 35.4 Å². The molecule has 2 heterocycles. The molecule has 0 spiro atoms. The predicted octanol–water partition coefficient (Wildman–Crippen LogP) is 5.00. The SMILES string of the molecule is Cc1cccc(OCCn2cnc3sc4c(c3c2=O)CC[C@H](C(C)(C)C)C4)c1. The molecule has 0 bridgehead atoms. The lowest BCUT2D eigenvalue weighted by Gasteiger charge is -2.33. The summed E-state index contributed by atoms with van der Waals surface area (Å²) in [6.07, 6.45) is 4.87. The average Bonchev–Trinajstić information content (AvgIpc) is 3.01. The maximum Gasteiger partial charge on any atom is 0.262 e. The first kappa shape index (κ1) is 19.2. The summed E-state index contributed by atoms with van der Waals surface area (Å²) < 4.78 is 7.51. The number of hydrogen-bond donors (Lipinski definition) is 0. The molecule has 0 radical (unpaired) electrons. The van der Waals surface area contributed by atoms with Crippen molar-refractivity contribution in [3.63, 3.8) is 0 Å². The van der Waals surface area contributed by atoms with E-state index >= 15 is 0 Å². The second-order valence-corrected chi connectivity index (χ2v) is 9.98. The molecule has 0 saturated heterocycles. The zero-order chi connectivity index (χ0) is 19.9. The van der Waals surface area contributed by atoms with Gasteiger partial charge in [-0.2, -0.15) is 0 Å². The first-order chi connectivity index (χ1) is 13.3. The fraction of sp³-hybridized carbons (Fsp3) is 0.478. The maximum absolute atomic E-state index is 13.1. The summed E-state index contributed by atoms with van der Waals surface area (Å²) >= 11 is 1.71. The van der Waals surface area contributed by atoms with E-state index in [1.165, 1.54) is 10.4 Å². The molecule has 28 heavy (non-hydrogen) atoms. The van der Waals surface area contributed by atoms with Crippen LogP contribution >= 0.6 is 11.3 Å². The maximum atomic E-state index is 13.1.